The standard InChI is InChI=1S/C12H14ClN7O2/c1-19(12(21)22)7-4-20(5-7)11-10(18-14)16-8-2-6(13)3-15-9(8)17-11/h2-3,7H,4-5,14H2,1H3,(H,16,18)(H,21,22). The van der Waals surface area contributed by atoms with Crippen LogP contribution in [0.5, 0.6) is 0 Å². The van der Waals surface area contributed by atoms with Gasteiger partial charge >= 0.3 is 6.09 Å². The van der Waals surface area contributed by atoms with Crippen LogP contribution in [0.2, 0.25) is 5.02 Å². The van der Waals surface area contributed by atoms with E-state index in [1.54, 1.807) is 13.1 Å². The molecule has 1 amide bonds. The van der Waals surface area contributed by atoms with Crippen molar-refractivity contribution < 1.29 is 9.90 Å². The minimum atomic E-state index is -0.956. The summed E-state index contributed by atoms with van der Waals surface area (Å²) in [5, 5.41) is 9.43. The first-order valence-corrected chi connectivity index (χ1v) is 6.88. The highest BCUT2D eigenvalue weighted by Crippen LogP contribution is 2.29. The molecule has 3 rings (SSSR count). The van der Waals surface area contributed by atoms with Gasteiger partial charge in [-0.1, -0.05) is 11.6 Å². The number of pyridine rings is 1. The number of nitrogens with two attached hydrogens (primary N) is 1. The van der Waals surface area contributed by atoms with Gasteiger partial charge in [-0.05, 0) is 6.07 Å². The van der Waals surface area contributed by atoms with Crippen molar-refractivity contribution in [1.29, 1.82) is 0 Å². The Kier molecular flexibility index (Phi) is 3.59. The van der Waals surface area contributed by atoms with Crippen LogP contribution in [0.1, 0.15) is 0 Å². The fourth-order valence-corrected chi connectivity index (χ4v) is 2.41. The van der Waals surface area contributed by atoms with Crippen molar-refractivity contribution in [3.63, 3.8) is 0 Å². The zero-order valence-electron chi connectivity index (χ0n) is 11.7. The topological polar surface area (TPSA) is 120 Å². The number of carbonyl (C=O) groups is 1. The predicted octanol–water partition coefficient (Wildman–Crippen LogP) is 0.762. The number of likely N-dealkylation sites (N-methyl/N-ethyl adjacent to an activating group) is 1. The minimum Gasteiger partial charge on any atom is -0.465 e. The fourth-order valence-electron chi connectivity index (χ4n) is 2.26. The molecule has 22 heavy (non-hydrogen) atoms. The summed E-state index contributed by atoms with van der Waals surface area (Å²) in [6.45, 7) is 1.04. The second-order valence-electron chi connectivity index (χ2n) is 4.99. The van der Waals surface area contributed by atoms with Crippen LogP contribution in [0.3, 0.4) is 0 Å². The lowest BCUT2D eigenvalue weighted by Crippen LogP contribution is -2.60. The molecule has 0 bridgehead atoms. The van der Waals surface area contributed by atoms with Crippen molar-refractivity contribution in [3.8, 4) is 0 Å². The van der Waals surface area contributed by atoms with E-state index in [1.165, 1.54) is 11.1 Å². The number of hydrogen-bond acceptors (Lipinski definition) is 7. The van der Waals surface area contributed by atoms with Crippen molar-refractivity contribution in [3.05, 3.63) is 17.3 Å². The Hall–Kier alpha value is -2.39. The van der Waals surface area contributed by atoms with Gasteiger partial charge in [0, 0.05) is 26.3 Å². The Morgan fingerprint density at radius 1 is 1.55 bits per heavy atom. The van der Waals surface area contributed by atoms with Gasteiger partial charge in [-0.2, -0.15) is 0 Å². The molecule has 0 saturated carbocycles. The number of carboxylic acid groups (broad SMARTS) is 1. The summed E-state index contributed by atoms with van der Waals surface area (Å²) in [5.74, 6) is 6.44. The largest absolute Gasteiger partial charge is 0.465 e. The highest BCUT2D eigenvalue weighted by molar-refractivity contribution is 6.31. The van der Waals surface area contributed by atoms with E-state index in [4.69, 9.17) is 22.6 Å². The Balaban J connectivity index is 1.88. The van der Waals surface area contributed by atoms with E-state index in [9.17, 15) is 4.79 Å². The van der Waals surface area contributed by atoms with E-state index >= 15 is 0 Å². The van der Waals surface area contributed by atoms with Gasteiger partial charge in [0.2, 0.25) is 0 Å². The number of nitrogens with zero attached hydrogens (tertiary/aromatic N) is 5. The molecule has 9 nitrogen and oxygen atoms in total. The van der Waals surface area contributed by atoms with Gasteiger partial charge < -0.3 is 20.3 Å². The average Bonchev–Trinajstić information content (AvgIpc) is 2.44. The Bertz CT molecular complexity index is 735. The molecule has 1 saturated heterocycles. The maximum atomic E-state index is 10.9. The van der Waals surface area contributed by atoms with Gasteiger partial charge in [-0.3, -0.25) is 0 Å². The van der Waals surface area contributed by atoms with Gasteiger partial charge in [0.1, 0.15) is 5.52 Å². The Morgan fingerprint density at radius 3 is 2.91 bits per heavy atom. The van der Waals surface area contributed by atoms with Crippen LogP contribution < -0.4 is 16.2 Å². The molecular formula is C12H14ClN7O2. The summed E-state index contributed by atoms with van der Waals surface area (Å²) < 4.78 is 0. The Labute approximate surface area is 130 Å². The molecule has 0 spiro atoms. The number of amides is 1. The summed E-state index contributed by atoms with van der Waals surface area (Å²) in [6.07, 6.45) is 0.539. The van der Waals surface area contributed by atoms with Gasteiger partial charge in [-0.25, -0.2) is 25.6 Å². The molecule has 1 aliphatic heterocycles. The van der Waals surface area contributed by atoms with E-state index in [0.717, 1.165) is 0 Å². The van der Waals surface area contributed by atoms with Crippen molar-refractivity contribution in [2.45, 2.75) is 6.04 Å². The lowest BCUT2D eigenvalue weighted by Gasteiger charge is -2.43. The van der Waals surface area contributed by atoms with E-state index in [-0.39, 0.29) is 6.04 Å². The Morgan fingerprint density at radius 2 is 2.27 bits per heavy atom. The molecule has 2 aromatic rings. The van der Waals surface area contributed by atoms with Crippen LogP contribution in [-0.4, -0.2) is 57.2 Å². The van der Waals surface area contributed by atoms with Gasteiger partial charge in [-0.15, -0.1) is 0 Å². The summed E-state index contributed by atoms with van der Waals surface area (Å²) in [6, 6.07) is 1.57. The summed E-state index contributed by atoms with van der Waals surface area (Å²) in [5.41, 5.74) is 3.49. The number of halogens is 1. The second kappa shape index (κ2) is 5.43. The third-order valence-corrected chi connectivity index (χ3v) is 3.82. The first kappa shape index (κ1) is 14.5. The summed E-state index contributed by atoms with van der Waals surface area (Å²) >= 11 is 5.89. The van der Waals surface area contributed by atoms with Crippen LogP contribution in [0.25, 0.3) is 11.2 Å². The van der Waals surface area contributed by atoms with Crippen LogP contribution in [0.15, 0.2) is 12.3 Å². The molecule has 0 aliphatic carbocycles. The number of hydrazine groups is 1. The first-order chi connectivity index (χ1) is 10.5. The van der Waals surface area contributed by atoms with Gasteiger partial charge in [0.05, 0.1) is 11.1 Å². The molecule has 1 aliphatic rings. The number of aromatic nitrogens is 3. The van der Waals surface area contributed by atoms with Crippen molar-refractivity contribution in [2.24, 2.45) is 5.84 Å². The molecule has 0 aromatic carbocycles. The third kappa shape index (κ3) is 2.44. The zero-order chi connectivity index (χ0) is 15.9. The van der Waals surface area contributed by atoms with Crippen LogP contribution in [0.4, 0.5) is 16.4 Å². The monoisotopic (exact) mass is 323 g/mol. The van der Waals surface area contributed by atoms with Crippen LogP contribution in [-0.2, 0) is 0 Å². The quantitative estimate of drug-likeness (QED) is 0.559. The third-order valence-electron chi connectivity index (χ3n) is 3.62. The van der Waals surface area contributed by atoms with Crippen molar-refractivity contribution >= 4 is 40.5 Å². The number of anilines is 2. The maximum absolute atomic E-state index is 10.9. The predicted molar refractivity (Wildman–Crippen MR) is 81.9 cm³/mol. The fraction of sp³-hybridized carbons (Fsp3) is 0.333. The molecule has 0 atom stereocenters. The molecule has 1 fully saturated rings. The van der Waals surface area contributed by atoms with Gasteiger partial charge in [0.25, 0.3) is 0 Å². The SMILES string of the molecule is CN(C(=O)O)C1CN(c2nc3ncc(Cl)cc3nc2NN)C1. The lowest BCUT2D eigenvalue weighted by atomic mass is 10.1. The maximum Gasteiger partial charge on any atom is 0.407 e. The second-order valence-corrected chi connectivity index (χ2v) is 5.43. The molecule has 4 N–H and O–H groups in total. The zero-order valence-corrected chi connectivity index (χ0v) is 12.4. The van der Waals surface area contributed by atoms with Crippen LogP contribution in [0, 0.1) is 0 Å². The van der Waals surface area contributed by atoms with Gasteiger partial charge in [0.15, 0.2) is 17.3 Å². The smallest absolute Gasteiger partial charge is 0.407 e. The highest BCUT2D eigenvalue weighted by atomic mass is 35.5. The summed E-state index contributed by atoms with van der Waals surface area (Å²) in [4.78, 5) is 27.0. The number of rotatable bonds is 3. The normalized spacial score (nSPS) is 14.8. The minimum absolute atomic E-state index is 0.0844. The summed E-state index contributed by atoms with van der Waals surface area (Å²) in [7, 11) is 1.54. The lowest BCUT2D eigenvalue weighted by molar-refractivity contribution is 0.130. The van der Waals surface area contributed by atoms with Crippen molar-refractivity contribution in [1.82, 2.24) is 19.9 Å². The molecule has 116 valence electrons. The highest BCUT2D eigenvalue weighted by Gasteiger charge is 2.34. The van der Waals surface area contributed by atoms with Crippen molar-refractivity contribution in [2.75, 3.05) is 30.5 Å². The number of hydrogen-bond donors (Lipinski definition) is 3. The molecule has 0 unspecified atom stereocenters. The molecule has 3 heterocycles. The number of fused-ring (bicyclic) bond motifs is 1. The molecule has 10 heteroatoms. The molecule has 2 aromatic heterocycles. The van der Waals surface area contributed by atoms with E-state index < -0.39 is 6.09 Å². The average molecular weight is 324 g/mol. The number of nitrogens with one attached hydrogen (secondary N) is 1. The van der Waals surface area contributed by atoms with E-state index in [0.29, 0.717) is 40.9 Å². The number of nitrogen functional groups attached to an aromatic ring is 1. The first-order valence-electron chi connectivity index (χ1n) is 6.50. The van der Waals surface area contributed by atoms with Crippen LogP contribution >= 0.6 is 11.6 Å². The molecule has 0 radical (unpaired) electrons. The van der Waals surface area contributed by atoms with E-state index in [1.807, 2.05) is 4.90 Å². The van der Waals surface area contributed by atoms with E-state index in [2.05, 4.69) is 20.4 Å². The molecular weight excluding hydrogens is 310 g/mol.